The minimum atomic E-state index is -0.447. The van der Waals surface area contributed by atoms with Crippen molar-refractivity contribution in [2.45, 2.75) is 71.1 Å². The molecule has 8 heteroatoms. The molecule has 0 aromatic heterocycles. The van der Waals surface area contributed by atoms with Gasteiger partial charge in [-0.25, -0.2) is 4.79 Å². The summed E-state index contributed by atoms with van der Waals surface area (Å²) in [7, 11) is 6.14. The molecule has 1 atom stereocenters. The van der Waals surface area contributed by atoms with Crippen LogP contribution in [0.1, 0.15) is 97.6 Å². The second-order valence-electron chi connectivity index (χ2n) is 11.9. The van der Waals surface area contributed by atoms with Crippen LogP contribution in [0.5, 0.6) is 11.5 Å². The minimum Gasteiger partial charge on any atom is -0.497 e. The Morgan fingerprint density at radius 2 is 1.55 bits per heavy atom. The first-order valence-corrected chi connectivity index (χ1v) is 15.1. The molecule has 0 fully saturated rings. The van der Waals surface area contributed by atoms with Gasteiger partial charge < -0.3 is 24.8 Å². The molecule has 0 aliphatic heterocycles. The van der Waals surface area contributed by atoms with Crippen LogP contribution in [0.4, 0.5) is 5.69 Å². The third-order valence-corrected chi connectivity index (χ3v) is 7.79. The van der Waals surface area contributed by atoms with Gasteiger partial charge in [-0.2, -0.15) is 0 Å². The van der Waals surface area contributed by atoms with Crippen LogP contribution < -0.4 is 20.1 Å². The fourth-order valence-electron chi connectivity index (χ4n) is 5.43. The molecule has 0 radical (unpaired) electrons. The van der Waals surface area contributed by atoms with E-state index in [0.29, 0.717) is 28.3 Å². The van der Waals surface area contributed by atoms with Crippen LogP contribution in [-0.4, -0.2) is 46.2 Å². The maximum Gasteiger partial charge on any atom is 0.337 e. The summed E-state index contributed by atoms with van der Waals surface area (Å²) < 4.78 is 16.2. The summed E-state index contributed by atoms with van der Waals surface area (Å²) in [5, 5.41) is 5.77. The number of methoxy groups -OCH3 is 3. The van der Waals surface area contributed by atoms with Crippen molar-refractivity contribution in [1.29, 1.82) is 0 Å². The highest BCUT2D eigenvalue weighted by atomic mass is 16.5. The number of benzene rings is 3. The normalized spacial score (nSPS) is 11.8. The average molecular weight is 603 g/mol. The van der Waals surface area contributed by atoms with E-state index in [0.717, 1.165) is 47.9 Å². The molecule has 1 unspecified atom stereocenters. The molecular formula is C36H46N2O6. The van der Waals surface area contributed by atoms with Gasteiger partial charge in [-0.1, -0.05) is 59.1 Å². The van der Waals surface area contributed by atoms with Gasteiger partial charge in [0.05, 0.1) is 26.9 Å². The predicted octanol–water partition coefficient (Wildman–Crippen LogP) is 7.51. The number of hydrogen-bond acceptors (Lipinski definition) is 6. The zero-order chi connectivity index (χ0) is 32.4. The van der Waals surface area contributed by atoms with E-state index in [4.69, 9.17) is 14.2 Å². The van der Waals surface area contributed by atoms with E-state index in [2.05, 4.69) is 38.3 Å². The Labute approximate surface area is 261 Å². The van der Waals surface area contributed by atoms with Gasteiger partial charge in [0.2, 0.25) is 5.91 Å². The zero-order valence-electron chi connectivity index (χ0n) is 27.3. The Kier molecular flexibility index (Phi) is 12.0. The van der Waals surface area contributed by atoms with Crippen molar-refractivity contribution in [2.24, 2.45) is 0 Å². The van der Waals surface area contributed by atoms with Crippen LogP contribution in [0, 0.1) is 0 Å². The number of unbranched alkanes of at least 4 members (excludes halogenated alkanes) is 2. The predicted molar refractivity (Wildman–Crippen MR) is 175 cm³/mol. The second-order valence-corrected chi connectivity index (χ2v) is 11.9. The molecule has 8 nitrogen and oxygen atoms in total. The molecule has 0 bridgehead atoms. The molecule has 0 aliphatic rings. The lowest BCUT2D eigenvalue weighted by Crippen LogP contribution is -2.23. The Morgan fingerprint density at radius 3 is 2.16 bits per heavy atom. The van der Waals surface area contributed by atoms with Crippen LogP contribution in [0.3, 0.4) is 0 Å². The molecule has 3 aromatic rings. The molecule has 44 heavy (non-hydrogen) atoms. The van der Waals surface area contributed by atoms with E-state index in [1.54, 1.807) is 39.5 Å². The van der Waals surface area contributed by atoms with Gasteiger partial charge in [0.15, 0.2) is 0 Å². The number of ether oxygens (including phenoxy) is 3. The summed E-state index contributed by atoms with van der Waals surface area (Å²) in [5.41, 5.74) is 4.70. The first kappa shape index (κ1) is 34.2. The fourth-order valence-corrected chi connectivity index (χ4v) is 5.43. The number of hydrogen-bond donors (Lipinski definition) is 2. The van der Waals surface area contributed by atoms with E-state index in [1.807, 2.05) is 36.4 Å². The lowest BCUT2D eigenvalue weighted by atomic mass is 9.83. The average Bonchev–Trinajstić information content (AvgIpc) is 3.02. The molecule has 236 valence electrons. The largest absolute Gasteiger partial charge is 0.497 e. The number of amides is 2. The fraction of sp³-hybridized carbons (Fsp3) is 0.417. The summed E-state index contributed by atoms with van der Waals surface area (Å²) >= 11 is 0. The molecular weight excluding hydrogens is 556 g/mol. The van der Waals surface area contributed by atoms with Crippen molar-refractivity contribution < 1.29 is 28.6 Å². The Balaban J connectivity index is 2.11. The molecule has 0 heterocycles. The van der Waals surface area contributed by atoms with Crippen molar-refractivity contribution in [3.63, 3.8) is 0 Å². The summed E-state index contributed by atoms with van der Waals surface area (Å²) in [5.74, 6) is 0.211. The lowest BCUT2D eigenvalue weighted by molar-refractivity contribution is -0.116. The SMILES string of the molecule is CCCCCC(CC(=O)Nc1cc(C(=O)NC)ccc1C(C)(C)C)c1cc(C(=O)OC)ccc1-c1ccc(OC)cc1OC. The molecule has 0 saturated heterocycles. The van der Waals surface area contributed by atoms with Gasteiger partial charge in [-0.3, -0.25) is 9.59 Å². The minimum absolute atomic E-state index is 0.174. The quantitative estimate of drug-likeness (QED) is 0.155. The zero-order valence-corrected chi connectivity index (χ0v) is 27.3. The Morgan fingerprint density at radius 1 is 0.841 bits per heavy atom. The van der Waals surface area contributed by atoms with Gasteiger partial charge in [0.1, 0.15) is 11.5 Å². The van der Waals surface area contributed by atoms with Crippen LogP contribution in [-0.2, 0) is 14.9 Å². The molecule has 0 spiro atoms. The number of anilines is 1. The van der Waals surface area contributed by atoms with E-state index in [9.17, 15) is 14.4 Å². The number of carbonyl (C=O) groups excluding carboxylic acids is 3. The van der Waals surface area contributed by atoms with E-state index in [-0.39, 0.29) is 29.6 Å². The molecule has 0 aliphatic carbocycles. The lowest BCUT2D eigenvalue weighted by Gasteiger charge is -2.25. The summed E-state index contributed by atoms with van der Waals surface area (Å²) in [6.45, 7) is 8.34. The third kappa shape index (κ3) is 8.40. The van der Waals surface area contributed by atoms with Crippen molar-refractivity contribution in [3.05, 3.63) is 76.9 Å². The maximum absolute atomic E-state index is 13.8. The molecule has 3 rings (SSSR count). The summed E-state index contributed by atoms with van der Waals surface area (Å²) in [6, 6.07) is 16.5. The van der Waals surface area contributed by atoms with Crippen molar-refractivity contribution in [3.8, 4) is 22.6 Å². The van der Waals surface area contributed by atoms with Crippen LogP contribution in [0.15, 0.2) is 54.6 Å². The van der Waals surface area contributed by atoms with Gasteiger partial charge in [0.25, 0.3) is 5.91 Å². The van der Waals surface area contributed by atoms with E-state index >= 15 is 0 Å². The second kappa shape index (κ2) is 15.4. The smallest absolute Gasteiger partial charge is 0.337 e. The molecule has 2 amide bonds. The highest BCUT2D eigenvalue weighted by Gasteiger charge is 2.25. The first-order chi connectivity index (χ1) is 21.0. The highest BCUT2D eigenvalue weighted by Crippen LogP contribution is 2.41. The van der Waals surface area contributed by atoms with E-state index in [1.165, 1.54) is 7.11 Å². The standard InChI is InChI=1S/C36H46N2O6/c1-9-10-11-12-23(21-33(39)38-31-20-24(34(40)37-5)14-18-30(31)36(2,3)4)29-19-25(35(41)44-8)13-16-27(29)28-17-15-26(42-6)22-32(28)43-7/h13-20,22-23H,9-12,21H2,1-8H3,(H,37,40)(H,38,39). The third-order valence-electron chi connectivity index (χ3n) is 7.79. The molecule has 0 saturated carbocycles. The van der Waals surface area contributed by atoms with Crippen LogP contribution in [0.25, 0.3) is 11.1 Å². The van der Waals surface area contributed by atoms with Crippen LogP contribution >= 0.6 is 0 Å². The van der Waals surface area contributed by atoms with Crippen molar-refractivity contribution in [2.75, 3.05) is 33.7 Å². The highest BCUT2D eigenvalue weighted by molar-refractivity contribution is 5.98. The van der Waals surface area contributed by atoms with Crippen molar-refractivity contribution in [1.82, 2.24) is 5.32 Å². The number of esters is 1. The number of nitrogens with one attached hydrogen (secondary N) is 2. The Hall–Kier alpha value is -4.33. The van der Waals surface area contributed by atoms with Gasteiger partial charge >= 0.3 is 5.97 Å². The number of rotatable bonds is 13. The molecule has 2 N–H and O–H groups in total. The van der Waals surface area contributed by atoms with Gasteiger partial charge in [-0.05, 0) is 70.8 Å². The maximum atomic E-state index is 13.8. The monoisotopic (exact) mass is 602 g/mol. The topological polar surface area (TPSA) is 103 Å². The van der Waals surface area contributed by atoms with Gasteiger partial charge in [0, 0.05) is 36.3 Å². The summed E-state index contributed by atoms with van der Waals surface area (Å²) in [6.07, 6.45) is 3.87. The van der Waals surface area contributed by atoms with Crippen molar-refractivity contribution >= 4 is 23.5 Å². The number of carbonyl (C=O) groups is 3. The van der Waals surface area contributed by atoms with E-state index < -0.39 is 5.97 Å². The molecule has 3 aromatic carbocycles. The van der Waals surface area contributed by atoms with Crippen LogP contribution in [0.2, 0.25) is 0 Å². The summed E-state index contributed by atoms with van der Waals surface area (Å²) in [4.78, 5) is 38.9. The Bertz CT molecular complexity index is 1470. The first-order valence-electron chi connectivity index (χ1n) is 15.1. The van der Waals surface area contributed by atoms with Gasteiger partial charge in [-0.15, -0.1) is 0 Å².